The Morgan fingerprint density at radius 3 is 0.508 bits per heavy atom. The lowest BCUT2D eigenvalue weighted by molar-refractivity contribution is 0.141. The van der Waals surface area contributed by atoms with Gasteiger partial charge in [0.05, 0.1) is 6.61 Å². The van der Waals surface area contributed by atoms with Gasteiger partial charge >= 0.3 is 91.1 Å². The van der Waals surface area contributed by atoms with Crippen LogP contribution in [0.5, 0.6) is 0 Å². The molecule has 0 unspecified atom stereocenters. The Balaban J connectivity index is 0. The van der Waals surface area contributed by atoms with Crippen LogP contribution in [0.25, 0.3) is 0 Å². The van der Waals surface area contributed by atoms with E-state index in [9.17, 15) is 153 Å². The fourth-order valence-electron chi connectivity index (χ4n) is 4.89. The van der Waals surface area contributed by atoms with Gasteiger partial charge in [0.2, 0.25) is 27.6 Å². The predicted octanol–water partition coefficient (Wildman–Crippen LogP) is -6.25. The minimum absolute atomic E-state index is 0.582. The van der Waals surface area contributed by atoms with Gasteiger partial charge in [-0.1, -0.05) is 0 Å². The third-order valence-corrected chi connectivity index (χ3v) is 28.5. The molecular formula is C11H41N3O37P12. The molecule has 0 atom stereocenters. The summed E-state index contributed by atoms with van der Waals surface area (Å²) < 4.78 is 142. The van der Waals surface area contributed by atoms with Crippen LogP contribution in [-0.2, 0) is 54.8 Å². The Hall–Kier alpha value is 1.64. The van der Waals surface area contributed by atoms with Gasteiger partial charge in [0, 0.05) is 26.2 Å². The number of hydrogen-bond acceptors (Lipinski definition) is 16. The molecule has 0 radical (unpaired) electrons. The molecule has 382 valence electrons. The zero-order valence-corrected chi connectivity index (χ0v) is 40.5. The molecule has 0 fully saturated rings. The Labute approximate surface area is 348 Å². The first-order chi connectivity index (χ1) is 26.9. The van der Waals surface area contributed by atoms with E-state index in [2.05, 4.69) is 0 Å². The van der Waals surface area contributed by atoms with E-state index in [0.717, 1.165) is 0 Å². The van der Waals surface area contributed by atoms with Crippen LogP contribution in [0.1, 0.15) is 0 Å². The van der Waals surface area contributed by atoms with Gasteiger partial charge < -0.3 is 123 Å². The number of nitrogens with zero attached hydrogens (tertiary/aromatic N) is 3. The topological polar surface area (TPSA) is 720 Å². The Kier molecular flexibility index (Phi) is 23.7. The first kappa shape index (κ1) is 66.7. The van der Waals surface area contributed by atoms with Crippen LogP contribution >= 0.6 is 91.1 Å². The molecule has 0 saturated carbocycles. The van der Waals surface area contributed by atoms with E-state index in [0.29, 0.717) is 0 Å². The number of aliphatic hydroxyl groups excluding tert-OH is 1. The van der Waals surface area contributed by atoms with E-state index in [1.165, 1.54) is 0 Å². The van der Waals surface area contributed by atoms with Crippen molar-refractivity contribution in [2.45, 2.75) is 33.0 Å². The maximum Gasteiger partial charge on any atom is 0.355 e. The summed E-state index contributed by atoms with van der Waals surface area (Å²) in [5.41, 5.74) is -19.9. The lowest BCUT2D eigenvalue weighted by Gasteiger charge is -2.41. The van der Waals surface area contributed by atoms with Crippen molar-refractivity contribution in [1.82, 2.24) is 14.7 Å². The highest BCUT2D eigenvalue weighted by Crippen LogP contribution is 2.71. The molecule has 63 heavy (non-hydrogen) atoms. The second-order valence-corrected chi connectivity index (χ2v) is 34.7. The molecule has 52 heteroatoms. The molecule has 0 aromatic heterocycles. The van der Waals surface area contributed by atoms with E-state index < -0.39 is 172 Å². The van der Waals surface area contributed by atoms with Crippen LogP contribution < -0.4 is 0 Å². The minimum atomic E-state index is -6.63. The third-order valence-electron chi connectivity index (χ3n) is 6.75. The summed E-state index contributed by atoms with van der Waals surface area (Å²) in [4.78, 5) is 223. The van der Waals surface area contributed by atoms with Gasteiger partial charge in [0.1, 0.15) is 0 Å². The number of rotatable bonds is 24. The first-order valence-corrected chi connectivity index (χ1v) is 34.5. The smallest absolute Gasteiger partial charge is 0.355 e. The van der Waals surface area contributed by atoms with Gasteiger partial charge in [-0.05, 0) is 0 Å². The van der Waals surface area contributed by atoms with Crippen molar-refractivity contribution in [2.75, 3.05) is 32.8 Å². The zero-order valence-electron chi connectivity index (χ0n) is 29.8. The summed E-state index contributed by atoms with van der Waals surface area (Å²) in [6.45, 7) is -9.81. The summed E-state index contributed by atoms with van der Waals surface area (Å²) in [6, 6.07) is 0. The van der Waals surface area contributed by atoms with Crippen molar-refractivity contribution in [3.05, 3.63) is 0 Å². The Bertz CT molecular complexity index is 1830. The quantitative estimate of drug-likeness (QED) is 0.0400. The van der Waals surface area contributed by atoms with Crippen molar-refractivity contribution >= 4 is 91.1 Å². The highest BCUT2D eigenvalue weighted by Gasteiger charge is 2.61. The minimum Gasteiger partial charge on any atom is -0.395 e. The van der Waals surface area contributed by atoms with Crippen LogP contribution in [0, 0.1) is 0 Å². The summed E-state index contributed by atoms with van der Waals surface area (Å²) in [5.74, 6) is 0. The molecular weight excluding hydrogens is 1140 g/mol. The molecule has 0 aliphatic carbocycles. The van der Waals surface area contributed by atoms with Crippen LogP contribution in [0.4, 0.5) is 0 Å². The van der Waals surface area contributed by atoms with Crippen LogP contribution in [0.2, 0.25) is 0 Å². The zero-order chi connectivity index (χ0) is 51.7. The molecule has 0 rings (SSSR count). The van der Waals surface area contributed by atoms with E-state index in [-0.39, 0.29) is 0 Å². The van der Waals surface area contributed by atoms with Gasteiger partial charge in [-0.25, -0.2) is 0 Å². The van der Waals surface area contributed by atoms with Gasteiger partial charge in [-0.15, -0.1) is 0 Å². The van der Waals surface area contributed by atoms with Crippen LogP contribution in [0.15, 0.2) is 0 Å². The van der Waals surface area contributed by atoms with Crippen molar-refractivity contribution in [2.24, 2.45) is 0 Å². The molecule has 0 aliphatic rings. The molecule has 0 saturated heterocycles. The van der Waals surface area contributed by atoms with Crippen molar-refractivity contribution in [3.63, 3.8) is 0 Å². The van der Waals surface area contributed by atoms with Crippen LogP contribution in [-0.4, -0.2) is 203 Å². The summed E-state index contributed by atoms with van der Waals surface area (Å²) in [6.07, 6.45) is 0. The highest BCUT2D eigenvalue weighted by molar-refractivity contribution is 7.74. The third kappa shape index (κ3) is 21.7. The average molecular weight is 1180 g/mol. The standard InChI is InChI=1S/C9H33N3O30P10.C2H8O7P2/c13-43(14,15)5(44(16,17)18)10(1-3-11(6(45(19,20)21)46(22,23)24)7(47(25,26)27)48(28,29)30)2-4-12(8(49(31,32)33)50(34,35)36)9(51(37,38)39)52(40,41)42;3-1-2(10(4,5)6)11(7,8)9/h5-9H,1-4H2,(H2,13,14,15)(H2,16,17,18)(H2,19,20,21)(H2,22,23,24)(H2,25,26,27)(H2,28,29,30)(H2,31,32,33)(H2,34,35,36)(H2,37,38,39)(H2,40,41,42);2-3H,1H2,(H2,4,5,6)(H2,7,8,9). The maximum atomic E-state index is 12.3. The molecule has 0 aromatic rings. The van der Waals surface area contributed by atoms with Gasteiger partial charge in [0.25, 0.3) is 0 Å². The monoisotopic (exact) mass is 1180 g/mol. The van der Waals surface area contributed by atoms with E-state index in [4.69, 9.17) is 24.7 Å². The number of aliphatic hydroxyl groups is 1. The Morgan fingerprint density at radius 1 is 0.254 bits per heavy atom. The molecule has 40 nitrogen and oxygen atoms in total. The molecule has 0 heterocycles. The van der Waals surface area contributed by atoms with Crippen LogP contribution in [0.3, 0.4) is 0 Å². The van der Waals surface area contributed by atoms with E-state index in [1.54, 1.807) is 0 Å². The van der Waals surface area contributed by atoms with Gasteiger partial charge in [0.15, 0.2) is 5.40 Å². The summed E-state index contributed by atoms with van der Waals surface area (Å²) in [5, 5.41) is 5.92. The summed E-state index contributed by atoms with van der Waals surface area (Å²) >= 11 is 0. The van der Waals surface area contributed by atoms with Crippen molar-refractivity contribution < 1.29 is 177 Å². The molecule has 0 bridgehead atoms. The summed E-state index contributed by atoms with van der Waals surface area (Å²) in [7, 11) is -75.9. The Morgan fingerprint density at radius 2 is 0.413 bits per heavy atom. The SMILES string of the molecule is O=P(O)(O)C(CO)P(=O)(O)O.O=P(O)(O)C(N(CCN(C(P(=O)(O)O)P(=O)(O)O)C(P(=O)(O)O)P(=O)(O)O)CCN(C(P(=O)(O)O)P(=O)(O)O)C(P(=O)(O)O)P(=O)(O)O)P(=O)(O)O. The van der Waals surface area contributed by atoms with Crippen molar-refractivity contribution in [3.8, 4) is 0 Å². The fourth-order valence-corrected chi connectivity index (χ4v) is 22.0. The predicted molar refractivity (Wildman–Crippen MR) is 199 cm³/mol. The lowest BCUT2D eigenvalue weighted by atomic mass is 10.4. The second kappa shape index (κ2) is 22.4. The fraction of sp³-hybridized carbons (Fsp3) is 1.00. The van der Waals surface area contributed by atoms with E-state index in [1.807, 2.05) is 0 Å². The van der Waals surface area contributed by atoms with Gasteiger partial charge in [-0.2, -0.15) is 0 Å². The number of hydrogen-bond donors (Lipinski definition) is 25. The van der Waals surface area contributed by atoms with E-state index >= 15 is 0 Å². The first-order valence-electron chi connectivity index (χ1n) is 14.4. The lowest BCUT2D eigenvalue weighted by Crippen LogP contribution is -2.51. The second-order valence-electron chi connectivity index (χ2n) is 12.0. The molecule has 0 aromatic carbocycles. The normalized spacial score (nSPS) is 15.5. The average Bonchev–Trinajstić information content (AvgIpc) is 2.85. The molecule has 0 aliphatic heterocycles. The molecule has 0 amide bonds. The van der Waals surface area contributed by atoms with Crippen molar-refractivity contribution in [1.29, 1.82) is 0 Å². The highest BCUT2D eigenvalue weighted by atomic mass is 31.3. The largest absolute Gasteiger partial charge is 0.395 e. The molecule has 25 N–H and O–H groups in total. The molecule has 0 spiro atoms. The van der Waals surface area contributed by atoms with Gasteiger partial charge in [-0.3, -0.25) is 69.5 Å². The maximum absolute atomic E-state index is 12.3.